The number of phenolic OH excluding ortho intramolecular Hbond substituents is 1. The molecular weight excluding hydrogens is 490 g/mol. The lowest BCUT2D eigenvalue weighted by atomic mass is 9.94. The summed E-state index contributed by atoms with van der Waals surface area (Å²) in [6.07, 6.45) is 7.00. The number of anilines is 1. The topological polar surface area (TPSA) is 103 Å². The van der Waals surface area contributed by atoms with E-state index in [1.54, 1.807) is 36.4 Å². The number of fused-ring (bicyclic) bond motifs is 1. The largest absolute Gasteiger partial charge is 0.508 e. The lowest BCUT2D eigenvalue weighted by molar-refractivity contribution is -0.127. The van der Waals surface area contributed by atoms with Crippen LogP contribution in [-0.4, -0.2) is 33.7 Å². The van der Waals surface area contributed by atoms with Gasteiger partial charge in [-0.05, 0) is 73.4 Å². The minimum absolute atomic E-state index is 0.0523. The lowest BCUT2D eigenvalue weighted by Gasteiger charge is -2.33. The first-order valence-corrected chi connectivity index (χ1v) is 13.5. The number of H-pyrrole nitrogens is 1. The quantitative estimate of drug-likeness (QED) is 0.252. The second-order valence-corrected chi connectivity index (χ2v) is 10.2. The number of hydrogen-bond donors (Lipinski definition) is 3. The molecule has 1 fully saturated rings. The van der Waals surface area contributed by atoms with Crippen LogP contribution in [0, 0.1) is 0 Å². The van der Waals surface area contributed by atoms with Crippen LogP contribution in [0.25, 0.3) is 10.9 Å². The lowest BCUT2D eigenvalue weighted by Crippen LogP contribution is -2.47. The van der Waals surface area contributed by atoms with Crippen molar-refractivity contribution in [1.82, 2.24) is 10.3 Å². The Bertz CT molecular complexity index is 1470. The fraction of sp³-hybridized carbons (Fsp3) is 0.281. The van der Waals surface area contributed by atoms with Crippen LogP contribution >= 0.6 is 0 Å². The Morgan fingerprint density at radius 2 is 1.64 bits per heavy atom. The molecule has 2 amide bonds. The predicted molar refractivity (Wildman–Crippen MR) is 152 cm³/mol. The summed E-state index contributed by atoms with van der Waals surface area (Å²) in [5.74, 6) is -0.529. The molecule has 200 valence electrons. The number of carbonyl (C=O) groups is 3. The molecule has 1 heterocycles. The number of ketones is 1. The third-order valence-corrected chi connectivity index (χ3v) is 7.50. The van der Waals surface area contributed by atoms with Crippen LogP contribution < -0.4 is 10.2 Å². The fourth-order valence-corrected chi connectivity index (χ4v) is 5.42. The Kier molecular flexibility index (Phi) is 7.77. The normalized spacial score (nSPS) is 14.6. The molecule has 7 nitrogen and oxygen atoms in total. The second-order valence-electron chi connectivity index (χ2n) is 10.2. The summed E-state index contributed by atoms with van der Waals surface area (Å²) in [5.41, 5.74) is 3.39. The van der Waals surface area contributed by atoms with Gasteiger partial charge in [0.1, 0.15) is 11.8 Å². The summed E-state index contributed by atoms with van der Waals surface area (Å²) < 4.78 is 0. The number of phenols is 1. The Morgan fingerprint density at radius 1 is 0.949 bits per heavy atom. The number of aromatic amines is 1. The molecule has 1 aliphatic rings. The molecule has 1 aromatic heterocycles. The van der Waals surface area contributed by atoms with E-state index in [1.807, 2.05) is 30.5 Å². The number of aromatic hydroxyl groups is 1. The summed E-state index contributed by atoms with van der Waals surface area (Å²) in [7, 11) is 0. The van der Waals surface area contributed by atoms with Crippen LogP contribution in [0.2, 0.25) is 0 Å². The first-order chi connectivity index (χ1) is 18.9. The molecular formula is C32H33N3O4. The smallest absolute Gasteiger partial charge is 0.248 e. The fourth-order valence-electron chi connectivity index (χ4n) is 5.42. The van der Waals surface area contributed by atoms with Gasteiger partial charge < -0.3 is 15.4 Å². The van der Waals surface area contributed by atoms with Crippen molar-refractivity contribution in [3.8, 4) is 5.75 Å². The molecule has 0 radical (unpaired) electrons. The maximum Gasteiger partial charge on any atom is 0.248 e. The van der Waals surface area contributed by atoms with Crippen molar-refractivity contribution in [2.45, 2.75) is 57.5 Å². The maximum atomic E-state index is 14.2. The van der Waals surface area contributed by atoms with Crippen LogP contribution in [0.15, 0.2) is 79.0 Å². The van der Waals surface area contributed by atoms with Gasteiger partial charge in [-0.1, -0.05) is 49.6 Å². The van der Waals surface area contributed by atoms with Crippen LogP contribution in [0.4, 0.5) is 5.69 Å². The highest BCUT2D eigenvalue weighted by molar-refractivity contribution is 6.04. The minimum atomic E-state index is -0.964. The van der Waals surface area contributed by atoms with Crippen LogP contribution in [0.1, 0.15) is 66.6 Å². The van der Waals surface area contributed by atoms with Gasteiger partial charge in [0, 0.05) is 34.4 Å². The number of benzene rings is 3. The van der Waals surface area contributed by atoms with E-state index < -0.39 is 6.04 Å². The number of Topliss-reactive ketones (excluding diaryl/α,β-unsaturated/α-hetero) is 1. The molecule has 3 aromatic carbocycles. The summed E-state index contributed by atoms with van der Waals surface area (Å²) >= 11 is 0. The highest BCUT2D eigenvalue weighted by atomic mass is 16.3. The van der Waals surface area contributed by atoms with E-state index in [0.29, 0.717) is 16.8 Å². The molecule has 4 aromatic rings. The molecule has 0 spiro atoms. The van der Waals surface area contributed by atoms with E-state index in [0.717, 1.165) is 48.6 Å². The van der Waals surface area contributed by atoms with Gasteiger partial charge in [0.2, 0.25) is 11.8 Å². The Labute approximate surface area is 227 Å². The van der Waals surface area contributed by atoms with Crippen molar-refractivity contribution in [3.63, 3.8) is 0 Å². The van der Waals surface area contributed by atoms with E-state index >= 15 is 0 Å². The first kappa shape index (κ1) is 26.2. The first-order valence-electron chi connectivity index (χ1n) is 13.5. The number of rotatable bonds is 8. The van der Waals surface area contributed by atoms with E-state index in [2.05, 4.69) is 10.3 Å². The molecule has 39 heavy (non-hydrogen) atoms. The van der Waals surface area contributed by atoms with Crippen LogP contribution in [0.3, 0.4) is 0 Å². The molecule has 0 saturated heterocycles. The van der Waals surface area contributed by atoms with Gasteiger partial charge in [0.15, 0.2) is 5.78 Å². The highest BCUT2D eigenvalue weighted by Gasteiger charge is 2.34. The second kappa shape index (κ2) is 11.6. The average molecular weight is 524 g/mol. The zero-order valence-electron chi connectivity index (χ0n) is 22.0. The molecule has 1 aliphatic carbocycles. The van der Waals surface area contributed by atoms with Crippen molar-refractivity contribution in [2.75, 3.05) is 4.90 Å². The monoisotopic (exact) mass is 523 g/mol. The summed E-state index contributed by atoms with van der Waals surface area (Å²) in [6, 6.07) is 20.1. The van der Waals surface area contributed by atoms with Crippen molar-refractivity contribution < 1.29 is 19.5 Å². The third kappa shape index (κ3) is 5.87. The number of carbonyl (C=O) groups excluding carboxylic acids is 3. The van der Waals surface area contributed by atoms with Crippen molar-refractivity contribution in [2.24, 2.45) is 0 Å². The third-order valence-electron chi connectivity index (χ3n) is 7.50. The predicted octanol–water partition coefficient (Wildman–Crippen LogP) is 5.84. The number of amides is 2. The zero-order valence-corrected chi connectivity index (χ0v) is 22.0. The molecule has 1 atom stereocenters. The van der Waals surface area contributed by atoms with Gasteiger partial charge in [0.25, 0.3) is 0 Å². The van der Waals surface area contributed by atoms with E-state index in [4.69, 9.17) is 0 Å². The number of para-hydroxylation sites is 1. The summed E-state index contributed by atoms with van der Waals surface area (Å²) in [5, 5.41) is 14.1. The van der Waals surface area contributed by atoms with Crippen LogP contribution in [0.5, 0.6) is 5.75 Å². The molecule has 5 rings (SSSR count). The summed E-state index contributed by atoms with van der Waals surface area (Å²) in [4.78, 5) is 44.8. The van der Waals surface area contributed by atoms with Crippen molar-refractivity contribution in [3.05, 3.63) is 95.7 Å². The Hall–Kier alpha value is -4.39. The number of nitrogens with one attached hydrogen (secondary N) is 2. The highest BCUT2D eigenvalue weighted by Crippen LogP contribution is 2.32. The Balaban J connectivity index is 1.57. The van der Waals surface area contributed by atoms with Gasteiger partial charge in [0.05, 0.1) is 6.42 Å². The van der Waals surface area contributed by atoms with E-state index in [-0.39, 0.29) is 35.8 Å². The molecule has 0 unspecified atom stereocenters. The molecule has 3 N–H and O–H groups in total. The zero-order chi connectivity index (χ0) is 27.4. The Morgan fingerprint density at radius 3 is 2.33 bits per heavy atom. The standard InChI is InChI=1S/C32H33N3O4/c1-21(36)22-11-15-26(16-12-22)35(30(38)19-24-20-33-29-10-6-5-9-28(24)29)31(23-13-17-27(37)18-14-23)32(39)34-25-7-3-2-4-8-25/h5-6,9-18,20,25,31,33,37H,2-4,7-8,19H2,1H3,(H,34,39)/t31-/m1/s1. The van der Waals surface area contributed by atoms with Crippen molar-refractivity contribution >= 4 is 34.2 Å². The number of nitrogens with zero attached hydrogens (tertiary/aromatic N) is 1. The van der Waals surface area contributed by atoms with Gasteiger partial charge in [-0.15, -0.1) is 0 Å². The molecule has 7 heteroatoms. The molecule has 0 bridgehead atoms. The maximum absolute atomic E-state index is 14.2. The van der Waals surface area contributed by atoms with Gasteiger partial charge in [-0.25, -0.2) is 0 Å². The van der Waals surface area contributed by atoms with Crippen molar-refractivity contribution in [1.29, 1.82) is 0 Å². The number of aromatic nitrogens is 1. The SMILES string of the molecule is CC(=O)c1ccc(N(C(=O)Cc2c[nH]c3ccccc23)[C@@H](C(=O)NC2CCCCC2)c2ccc(O)cc2)cc1. The average Bonchev–Trinajstić information content (AvgIpc) is 3.35. The molecule has 0 aliphatic heterocycles. The van der Waals surface area contributed by atoms with E-state index in [1.165, 1.54) is 24.0 Å². The minimum Gasteiger partial charge on any atom is -0.508 e. The van der Waals surface area contributed by atoms with Crippen LogP contribution in [-0.2, 0) is 16.0 Å². The van der Waals surface area contributed by atoms with Gasteiger partial charge >= 0.3 is 0 Å². The van der Waals surface area contributed by atoms with Gasteiger partial charge in [-0.3, -0.25) is 19.3 Å². The molecule has 1 saturated carbocycles. The number of hydrogen-bond acceptors (Lipinski definition) is 4. The summed E-state index contributed by atoms with van der Waals surface area (Å²) in [6.45, 7) is 1.49. The van der Waals surface area contributed by atoms with E-state index in [9.17, 15) is 19.5 Å². The van der Waals surface area contributed by atoms with Gasteiger partial charge in [-0.2, -0.15) is 0 Å².